The van der Waals surface area contributed by atoms with Crippen molar-refractivity contribution < 1.29 is 9.59 Å². The molecule has 1 aromatic carbocycles. The van der Waals surface area contributed by atoms with Gasteiger partial charge in [-0.15, -0.1) is 0 Å². The quantitative estimate of drug-likeness (QED) is 0.591. The topological polar surface area (TPSA) is 87.2 Å². The summed E-state index contributed by atoms with van der Waals surface area (Å²) in [6.45, 7) is 6.31. The van der Waals surface area contributed by atoms with Gasteiger partial charge in [0.15, 0.2) is 5.65 Å². The second-order valence-electron chi connectivity index (χ2n) is 8.31. The number of piperidine rings is 1. The van der Waals surface area contributed by atoms with Crippen LogP contribution in [0.25, 0.3) is 11.0 Å². The number of nitrogens with one attached hydrogen (secondary N) is 2. The normalized spacial score (nSPS) is 16.1. The molecule has 1 atom stereocenters. The summed E-state index contributed by atoms with van der Waals surface area (Å²) < 4.78 is 0. The predicted octanol–water partition coefficient (Wildman–Crippen LogP) is 5.04. The summed E-state index contributed by atoms with van der Waals surface area (Å²) in [7, 11) is 0. The van der Waals surface area contributed by atoms with Gasteiger partial charge in [0.1, 0.15) is 0 Å². The van der Waals surface area contributed by atoms with Crippen molar-refractivity contribution in [2.75, 3.05) is 17.2 Å². The molecule has 1 fully saturated rings. The van der Waals surface area contributed by atoms with Crippen molar-refractivity contribution >= 4 is 39.9 Å². The van der Waals surface area contributed by atoms with Crippen LogP contribution in [0.2, 0.25) is 0 Å². The van der Waals surface area contributed by atoms with Crippen molar-refractivity contribution in [1.82, 2.24) is 14.9 Å². The van der Waals surface area contributed by atoms with Crippen LogP contribution in [-0.2, 0) is 4.79 Å². The van der Waals surface area contributed by atoms with Crippen LogP contribution >= 0.6 is 0 Å². The number of amides is 2. The Morgan fingerprint density at radius 2 is 1.84 bits per heavy atom. The molecule has 0 saturated carbocycles. The number of pyridine rings is 2. The molecule has 0 aliphatic carbocycles. The Bertz CT molecular complexity index is 1140. The van der Waals surface area contributed by atoms with E-state index in [4.69, 9.17) is 0 Å². The average molecular weight is 432 g/mol. The highest BCUT2D eigenvalue weighted by Crippen LogP contribution is 2.32. The van der Waals surface area contributed by atoms with E-state index in [9.17, 15) is 9.59 Å². The van der Waals surface area contributed by atoms with Crippen molar-refractivity contribution in [3.05, 3.63) is 53.9 Å². The van der Waals surface area contributed by atoms with E-state index in [0.717, 1.165) is 54.7 Å². The van der Waals surface area contributed by atoms with Gasteiger partial charge in [-0.1, -0.05) is 6.92 Å². The first-order valence-corrected chi connectivity index (χ1v) is 11.2. The monoisotopic (exact) mass is 431 g/mol. The van der Waals surface area contributed by atoms with Crippen molar-refractivity contribution in [3.8, 4) is 0 Å². The lowest BCUT2D eigenvalue weighted by atomic mass is 9.98. The van der Waals surface area contributed by atoms with Gasteiger partial charge in [0.2, 0.25) is 5.91 Å². The molecule has 166 valence electrons. The average Bonchev–Trinajstić information content (AvgIpc) is 2.79. The van der Waals surface area contributed by atoms with E-state index < -0.39 is 0 Å². The van der Waals surface area contributed by atoms with Gasteiger partial charge in [-0.25, -0.2) is 9.97 Å². The van der Waals surface area contributed by atoms with Gasteiger partial charge in [-0.05, 0) is 69.0 Å². The molecule has 4 rings (SSSR count). The van der Waals surface area contributed by atoms with E-state index in [1.165, 1.54) is 6.92 Å². The Balaban J connectivity index is 1.74. The number of hydrogen-bond acceptors (Lipinski definition) is 5. The van der Waals surface area contributed by atoms with Gasteiger partial charge in [-0.2, -0.15) is 0 Å². The van der Waals surface area contributed by atoms with Crippen LogP contribution in [0.5, 0.6) is 0 Å². The third kappa shape index (κ3) is 4.56. The fraction of sp³-hybridized carbons (Fsp3) is 0.360. The third-order valence-electron chi connectivity index (χ3n) is 5.93. The first kappa shape index (κ1) is 21.7. The number of aryl methyl sites for hydroxylation is 1. The Kier molecular flexibility index (Phi) is 6.35. The number of fused-ring (bicyclic) bond motifs is 1. The summed E-state index contributed by atoms with van der Waals surface area (Å²) >= 11 is 0. The summed E-state index contributed by atoms with van der Waals surface area (Å²) in [6.07, 6.45) is 5.81. The molecular formula is C25H29N5O2. The molecule has 32 heavy (non-hydrogen) atoms. The summed E-state index contributed by atoms with van der Waals surface area (Å²) in [5, 5.41) is 7.00. The maximum absolute atomic E-state index is 13.6. The molecule has 2 N–H and O–H groups in total. The molecular weight excluding hydrogens is 402 g/mol. The Morgan fingerprint density at radius 1 is 1.09 bits per heavy atom. The number of nitrogens with zero attached hydrogens (tertiary/aromatic N) is 3. The second-order valence-corrected chi connectivity index (χ2v) is 8.31. The summed E-state index contributed by atoms with van der Waals surface area (Å²) in [5.74, 6) is -0.115. The minimum Gasteiger partial charge on any atom is -0.354 e. The lowest BCUT2D eigenvalue weighted by Gasteiger charge is -2.35. The first-order chi connectivity index (χ1) is 15.5. The molecule has 1 aliphatic rings. The molecule has 0 bridgehead atoms. The maximum atomic E-state index is 13.6. The van der Waals surface area contributed by atoms with Crippen LogP contribution in [0.3, 0.4) is 0 Å². The van der Waals surface area contributed by atoms with Crippen LogP contribution in [0.15, 0.2) is 42.6 Å². The molecule has 0 spiro atoms. The Morgan fingerprint density at radius 3 is 2.56 bits per heavy atom. The smallest absolute Gasteiger partial charge is 0.257 e. The third-order valence-corrected chi connectivity index (χ3v) is 5.93. The molecule has 0 unspecified atom stereocenters. The number of carbonyl (C=O) groups excluding carboxylic acids is 2. The minimum atomic E-state index is -0.118. The highest BCUT2D eigenvalue weighted by atomic mass is 16.2. The maximum Gasteiger partial charge on any atom is 0.257 e. The SMILES string of the molecule is CC[C@H]1CCCCN1C(=O)c1cnc2nc(C)ccc2c1Nc1ccc(NC(C)=O)cc1. The fourth-order valence-corrected chi connectivity index (χ4v) is 4.30. The number of carbonyl (C=O) groups is 2. The van der Waals surface area contributed by atoms with Crippen LogP contribution in [0.1, 0.15) is 55.6 Å². The Labute approximate surface area is 188 Å². The minimum absolute atomic E-state index is 0.00360. The molecule has 7 nitrogen and oxygen atoms in total. The summed E-state index contributed by atoms with van der Waals surface area (Å²) in [4.78, 5) is 36.0. The van der Waals surface area contributed by atoms with Crippen LogP contribution in [0, 0.1) is 6.92 Å². The summed E-state index contributed by atoms with van der Waals surface area (Å²) in [6, 6.07) is 11.6. The number of benzene rings is 1. The molecule has 3 aromatic rings. The Hall–Kier alpha value is -3.48. The van der Waals surface area contributed by atoms with Gasteiger partial charge in [0, 0.05) is 48.2 Å². The summed E-state index contributed by atoms with van der Waals surface area (Å²) in [5.41, 5.74) is 4.26. The van der Waals surface area contributed by atoms with E-state index in [-0.39, 0.29) is 17.9 Å². The van der Waals surface area contributed by atoms with E-state index in [0.29, 0.717) is 16.9 Å². The molecule has 0 radical (unpaired) electrons. The van der Waals surface area contributed by atoms with Crippen molar-refractivity contribution in [1.29, 1.82) is 0 Å². The van der Waals surface area contributed by atoms with E-state index >= 15 is 0 Å². The number of rotatable bonds is 5. The molecule has 2 amide bonds. The number of likely N-dealkylation sites (tertiary alicyclic amines) is 1. The van der Waals surface area contributed by atoms with Crippen molar-refractivity contribution in [2.45, 2.75) is 52.5 Å². The van der Waals surface area contributed by atoms with Gasteiger partial charge in [-0.3, -0.25) is 9.59 Å². The zero-order valence-corrected chi connectivity index (χ0v) is 18.8. The molecule has 1 saturated heterocycles. The van der Waals surface area contributed by atoms with Crippen LogP contribution in [-0.4, -0.2) is 39.3 Å². The predicted molar refractivity (Wildman–Crippen MR) is 127 cm³/mol. The first-order valence-electron chi connectivity index (χ1n) is 11.2. The number of aromatic nitrogens is 2. The van der Waals surface area contributed by atoms with Gasteiger partial charge in [0.05, 0.1) is 11.3 Å². The largest absolute Gasteiger partial charge is 0.354 e. The number of hydrogen-bond donors (Lipinski definition) is 2. The van der Waals surface area contributed by atoms with Crippen molar-refractivity contribution in [2.24, 2.45) is 0 Å². The standard InChI is InChI=1S/C25H29N5O2/c1-4-20-7-5-6-14-30(20)25(32)22-15-26-24-21(13-8-16(2)27-24)23(22)29-19-11-9-18(10-12-19)28-17(3)31/h8-13,15,20H,4-7,14H2,1-3H3,(H,28,31)(H,26,27,29)/t20-/m0/s1. The van der Waals surface area contributed by atoms with Crippen LogP contribution in [0.4, 0.5) is 17.1 Å². The highest BCUT2D eigenvalue weighted by molar-refractivity contribution is 6.07. The lowest BCUT2D eigenvalue weighted by Crippen LogP contribution is -2.43. The van der Waals surface area contributed by atoms with Crippen molar-refractivity contribution in [3.63, 3.8) is 0 Å². The fourth-order valence-electron chi connectivity index (χ4n) is 4.30. The molecule has 1 aliphatic heterocycles. The number of anilines is 3. The van der Waals surface area contributed by atoms with Gasteiger partial charge >= 0.3 is 0 Å². The van der Waals surface area contributed by atoms with E-state index in [1.807, 2.05) is 48.2 Å². The molecule has 3 heterocycles. The zero-order chi connectivity index (χ0) is 22.7. The highest BCUT2D eigenvalue weighted by Gasteiger charge is 2.28. The van der Waals surface area contributed by atoms with Gasteiger partial charge < -0.3 is 15.5 Å². The zero-order valence-electron chi connectivity index (χ0n) is 18.8. The molecule has 2 aromatic heterocycles. The second kappa shape index (κ2) is 9.34. The van der Waals surface area contributed by atoms with E-state index in [1.54, 1.807) is 6.20 Å². The van der Waals surface area contributed by atoms with Crippen LogP contribution < -0.4 is 10.6 Å². The van der Waals surface area contributed by atoms with E-state index in [2.05, 4.69) is 27.5 Å². The van der Waals surface area contributed by atoms with Gasteiger partial charge in [0.25, 0.3) is 5.91 Å². The lowest BCUT2D eigenvalue weighted by molar-refractivity contribution is -0.114. The molecule has 7 heteroatoms.